The maximum atomic E-state index is 1.67. The molecule has 1 heteroatoms. The van der Waals surface area contributed by atoms with Gasteiger partial charge in [-0.1, -0.05) is 0 Å². The molecule has 0 aromatic heterocycles. The van der Waals surface area contributed by atoms with E-state index in [1.807, 2.05) is 0 Å². The zero-order valence-electron chi connectivity index (χ0n) is 10.8. The minimum atomic E-state index is -1.19. The van der Waals surface area contributed by atoms with Crippen molar-refractivity contribution in [1.82, 2.24) is 0 Å². The minimum absolute atomic E-state index is 1.19. The van der Waals surface area contributed by atoms with Crippen molar-refractivity contribution < 1.29 is 0 Å². The summed E-state index contributed by atoms with van der Waals surface area (Å²) in [4.78, 5) is 0. The van der Waals surface area contributed by atoms with Crippen LogP contribution in [0, 0.1) is 0 Å². The second kappa shape index (κ2) is 5.63. The molecule has 16 heavy (non-hydrogen) atoms. The molecule has 0 aromatic carbocycles. The molecular formula is C15H28Sn. The predicted molar refractivity (Wildman–Crippen MR) is 73.8 cm³/mol. The maximum absolute atomic E-state index is 1.67. The van der Waals surface area contributed by atoms with E-state index in [4.69, 9.17) is 0 Å². The fraction of sp³-hybridized carbons (Fsp3) is 1.00. The molecule has 0 amide bonds. The molecule has 0 radical (unpaired) electrons. The van der Waals surface area contributed by atoms with E-state index in [-0.39, 0.29) is 0 Å². The van der Waals surface area contributed by atoms with Crippen molar-refractivity contribution in [2.75, 3.05) is 0 Å². The van der Waals surface area contributed by atoms with Crippen LogP contribution in [0.3, 0.4) is 0 Å². The van der Waals surface area contributed by atoms with E-state index in [2.05, 4.69) is 0 Å². The van der Waals surface area contributed by atoms with E-state index in [1.54, 1.807) is 77.0 Å². The molecule has 3 aliphatic rings. The van der Waals surface area contributed by atoms with Gasteiger partial charge in [0.05, 0.1) is 0 Å². The van der Waals surface area contributed by atoms with Crippen LogP contribution < -0.4 is 0 Å². The monoisotopic (exact) mass is 328 g/mol. The van der Waals surface area contributed by atoms with Gasteiger partial charge in [0.2, 0.25) is 0 Å². The quantitative estimate of drug-likeness (QED) is 0.637. The van der Waals surface area contributed by atoms with Crippen LogP contribution in [0.25, 0.3) is 0 Å². The Morgan fingerprint density at radius 1 is 0.438 bits per heavy atom. The van der Waals surface area contributed by atoms with Gasteiger partial charge < -0.3 is 0 Å². The van der Waals surface area contributed by atoms with Crippen molar-refractivity contribution in [3.63, 3.8) is 0 Å². The third kappa shape index (κ3) is 2.47. The first-order valence-corrected chi connectivity index (χ1v) is 13.7. The van der Waals surface area contributed by atoms with E-state index in [9.17, 15) is 0 Å². The van der Waals surface area contributed by atoms with Gasteiger partial charge in [0.15, 0.2) is 0 Å². The van der Waals surface area contributed by atoms with Crippen LogP contribution >= 0.6 is 0 Å². The zero-order chi connectivity index (χ0) is 10.8. The molecular weight excluding hydrogens is 299 g/mol. The summed E-state index contributed by atoms with van der Waals surface area (Å²) in [5.74, 6) is 0. The summed E-state index contributed by atoms with van der Waals surface area (Å²) in [5.41, 5.74) is 0. The molecule has 3 rings (SSSR count). The normalized spacial score (nSPS) is 29.8. The number of hydrogen-bond acceptors (Lipinski definition) is 0. The Morgan fingerprint density at radius 3 is 0.938 bits per heavy atom. The first-order chi connectivity index (χ1) is 7.95. The Kier molecular flexibility index (Phi) is 4.17. The molecule has 92 valence electrons. The van der Waals surface area contributed by atoms with Crippen LogP contribution in [-0.2, 0) is 0 Å². The molecule has 0 aliphatic heterocycles. The standard InChI is InChI=1S/3C5H9.Sn.H/c3*1-2-4-5-3-1;;/h3*1H,2-5H2;;. The summed E-state index contributed by atoms with van der Waals surface area (Å²) < 4.78 is 4.06. The van der Waals surface area contributed by atoms with Crippen LogP contribution in [0.2, 0.25) is 11.8 Å². The average molecular weight is 327 g/mol. The summed E-state index contributed by atoms with van der Waals surface area (Å²) in [7, 11) is 0. The van der Waals surface area contributed by atoms with Gasteiger partial charge in [-0.15, -0.1) is 0 Å². The molecule has 0 heterocycles. The molecule has 0 nitrogen and oxygen atoms in total. The molecule has 0 N–H and O–H groups in total. The van der Waals surface area contributed by atoms with Crippen LogP contribution in [-0.4, -0.2) is 19.8 Å². The topological polar surface area (TPSA) is 0 Å². The predicted octanol–water partition coefficient (Wildman–Crippen LogP) is 5.05. The van der Waals surface area contributed by atoms with Crippen LogP contribution in [0.4, 0.5) is 0 Å². The zero-order valence-corrected chi connectivity index (χ0v) is 14.1. The van der Waals surface area contributed by atoms with Crippen LogP contribution in [0.15, 0.2) is 0 Å². The van der Waals surface area contributed by atoms with Crippen molar-refractivity contribution in [3.05, 3.63) is 0 Å². The second-order valence-corrected chi connectivity index (χ2v) is 18.1. The summed E-state index contributed by atoms with van der Waals surface area (Å²) in [6.07, 6.45) is 19.6. The summed E-state index contributed by atoms with van der Waals surface area (Å²) in [6.45, 7) is 0. The number of rotatable bonds is 3. The molecule has 0 saturated heterocycles. The average Bonchev–Trinajstić information content (AvgIpc) is 3.02. The second-order valence-electron chi connectivity index (χ2n) is 6.71. The van der Waals surface area contributed by atoms with Crippen molar-refractivity contribution in [2.45, 2.75) is 88.9 Å². The van der Waals surface area contributed by atoms with E-state index in [1.165, 1.54) is 11.8 Å². The van der Waals surface area contributed by atoms with Crippen molar-refractivity contribution in [2.24, 2.45) is 0 Å². The first kappa shape index (κ1) is 11.9. The Hall–Kier alpha value is 0.799. The fourth-order valence-electron chi connectivity index (χ4n) is 5.18. The Balaban J connectivity index is 1.70. The molecule has 3 saturated carbocycles. The van der Waals surface area contributed by atoms with Gasteiger partial charge in [-0.05, 0) is 0 Å². The molecule has 0 spiro atoms. The third-order valence-corrected chi connectivity index (χ3v) is 20.9. The van der Waals surface area contributed by atoms with Crippen molar-refractivity contribution in [1.29, 1.82) is 0 Å². The van der Waals surface area contributed by atoms with E-state index < -0.39 is 19.8 Å². The van der Waals surface area contributed by atoms with Gasteiger partial charge in [0.25, 0.3) is 0 Å². The van der Waals surface area contributed by atoms with Gasteiger partial charge in [0.1, 0.15) is 0 Å². The van der Waals surface area contributed by atoms with E-state index in [0.29, 0.717) is 0 Å². The number of hydrogen-bond donors (Lipinski definition) is 0. The van der Waals surface area contributed by atoms with Gasteiger partial charge in [-0.25, -0.2) is 0 Å². The Labute approximate surface area is 108 Å². The van der Waals surface area contributed by atoms with Crippen molar-refractivity contribution in [3.8, 4) is 0 Å². The summed E-state index contributed by atoms with van der Waals surface area (Å²) in [5, 5.41) is 0. The third-order valence-electron chi connectivity index (χ3n) is 5.83. The molecule has 0 atom stereocenters. The molecule has 3 aliphatic carbocycles. The van der Waals surface area contributed by atoms with E-state index in [0.717, 1.165) is 0 Å². The molecule has 0 aromatic rings. The first-order valence-electron chi connectivity index (χ1n) is 7.95. The molecule has 0 unspecified atom stereocenters. The molecule has 0 bridgehead atoms. The SMILES string of the molecule is C1CC[CH]([SnH]([CH]2CCCC2)[CH]2CCCC2)C1. The Bertz CT molecular complexity index is 169. The molecule has 3 fully saturated rings. The van der Waals surface area contributed by atoms with E-state index >= 15 is 0 Å². The van der Waals surface area contributed by atoms with Gasteiger partial charge >= 0.3 is 109 Å². The summed E-state index contributed by atoms with van der Waals surface area (Å²) in [6, 6.07) is 0. The van der Waals surface area contributed by atoms with Gasteiger partial charge in [-0.3, -0.25) is 0 Å². The fourth-order valence-corrected chi connectivity index (χ4v) is 22.4. The Morgan fingerprint density at radius 2 is 0.688 bits per heavy atom. The van der Waals surface area contributed by atoms with Crippen molar-refractivity contribution >= 4 is 19.8 Å². The van der Waals surface area contributed by atoms with Crippen LogP contribution in [0.1, 0.15) is 77.0 Å². The van der Waals surface area contributed by atoms with Gasteiger partial charge in [0, 0.05) is 0 Å². The van der Waals surface area contributed by atoms with Crippen LogP contribution in [0.5, 0.6) is 0 Å². The summed E-state index contributed by atoms with van der Waals surface area (Å²) >= 11 is -1.19. The van der Waals surface area contributed by atoms with Gasteiger partial charge in [-0.2, -0.15) is 0 Å².